The lowest BCUT2D eigenvalue weighted by atomic mass is 10.1. The van der Waals surface area contributed by atoms with Gasteiger partial charge in [0.2, 0.25) is 0 Å². The van der Waals surface area contributed by atoms with E-state index in [0.717, 1.165) is 0 Å². The zero-order valence-corrected chi connectivity index (χ0v) is 11.6. The summed E-state index contributed by atoms with van der Waals surface area (Å²) in [7, 11) is 0. The normalized spacial score (nSPS) is 10.2. The number of amides is 1. The third kappa shape index (κ3) is 3.38. The molecule has 0 aliphatic rings. The third-order valence-corrected chi connectivity index (χ3v) is 2.81. The minimum absolute atomic E-state index is 0.132. The summed E-state index contributed by atoms with van der Waals surface area (Å²) in [5, 5.41) is 19.4. The molecule has 0 saturated heterocycles. The first-order valence-corrected chi connectivity index (χ1v) is 6.35. The Balaban J connectivity index is 2.28. The minimum Gasteiger partial charge on any atom is -0.477 e. The molecule has 0 unspecified atom stereocenters. The van der Waals surface area contributed by atoms with Gasteiger partial charge in [-0.05, 0) is 31.5 Å². The summed E-state index contributed by atoms with van der Waals surface area (Å²) in [6, 6.07) is 4.48. The molecule has 0 saturated carbocycles. The number of carboxylic acid groups (broad SMARTS) is 1. The number of nitrogens with zero attached hydrogens (tertiary/aromatic N) is 3. The van der Waals surface area contributed by atoms with Crippen LogP contribution in [0, 0.1) is 6.92 Å². The SMILES string of the molecule is CCc1nnc(C)cc1C(=O)Nc1ccnc(C(=O)O)c1. The summed E-state index contributed by atoms with van der Waals surface area (Å²) in [4.78, 5) is 26.8. The monoisotopic (exact) mass is 286 g/mol. The number of aromatic nitrogens is 3. The van der Waals surface area contributed by atoms with Crippen molar-refractivity contribution in [2.45, 2.75) is 20.3 Å². The van der Waals surface area contributed by atoms with E-state index >= 15 is 0 Å². The fourth-order valence-corrected chi connectivity index (χ4v) is 1.80. The first-order chi connectivity index (χ1) is 10.0. The summed E-state index contributed by atoms with van der Waals surface area (Å²) < 4.78 is 0. The Morgan fingerprint density at radius 3 is 2.71 bits per heavy atom. The second-order valence-electron chi connectivity index (χ2n) is 4.39. The highest BCUT2D eigenvalue weighted by Crippen LogP contribution is 2.13. The van der Waals surface area contributed by atoms with Gasteiger partial charge in [0.1, 0.15) is 5.69 Å². The second kappa shape index (κ2) is 6.08. The fraction of sp³-hybridized carbons (Fsp3) is 0.214. The van der Waals surface area contributed by atoms with Crippen LogP contribution < -0.4 is 5.32 Å². The van der Waals surface area contributed by atoms with Gasteiger partial charge < -0.3 is 10.4 Å². The molecule has 0 radical (unpaired) electrons. The highest BCUT2D eigenvalue weighted by molar-refractivity contribution is 6.05. The zero-order valence-electron chi connectivity index (χ0n) is 11.6. The molecule has 21 heavy (non-hydrogen) atoms. The van der Waals surface area contributed by atoms with Gasteiger partial charge >= 0.3 is 5.97 Å². The predicted molar refractivity (Wildman–Crippen MR) is 75.3 cm³/mol. The Bertz CT molecular complexity index is 700. The number of hydrogen-bond donors (Lipinski definition) is 2. The van der Waals surface area contributed by atoms with Crippen LogP contribution in [0.3, 0.4) is 0 Å². The van der Waals surface area contributed by atoms with E-state index in [1.54, 1.807) is 13.0 Å². The van der Waals surface area contributed by atoms with E-state index in [1.807, 2.05) is 6.92 Å². The molecule has 2 rings (SSSR count). The van der Waals surface area contributed by atoms with Crippen LogP contribution in [-0.2, 0) is 6.42 Å². The van der Waals surface area contributed by atoms with Crippen LogP contribution in [0.4, 0.5) is 5.69 Å². The summed E-state index contributed by atoms with van der Waals surface area (Å²) in [6.45, 7) is 3.63. The fourth-order valence-electron chi connectivity index (χ4n) is 1.80. The Hall–Kier alpha value is -2.83. The number of carbonyl (C=O) groups excluding carboxylic acids is 1. The summed E-state index contributed by atoms with van der Waals surface area (Å²) in [5.41, 5.74) is 1.89. The molecule has 108 valence electrons. The van der Waals surface area contributed by atoms with E-state index in [0.29, 0.717) is 29.1 Å². The van der Waals surface area contributed by atoms with Crippen molar-refractivity contribution in [3.05, 3.63) is 47.0 Å². The number of carbonyl (C=O) groups is 2. The van der Waals surface area contributed by atoms with E-state index in [9.17, 15) is 9.59 Å². The van der Waals surface area contributed by atoms with Crippen LogP contribution in [0.2, 0.25) is 0 Å². The van der Waals surface area contributed by atoms with E-state index < -0.39 is 5.97 Å². The van der Waals surface area contributed by atoms with Crippen molar-refractivity contribution in [2.75, 3.05) is 5.32 Å². The molecule has 0 atom stereocenters. The van der Waals surface area contributed by atoms with Crippen molar-refractivity contribution >= 4 is 17.6 Å². The molecule has 1 amide bonds. The average molecular weight is 286 g/mol. The van der Waals surface area contributed by atoms with Gasteiger partial charge in [-0.3, -0.25) is 4.79 Å². The number of anilines is 1. The maximum absolute atomic E-state index is 12.3. The lowest BCUT2D eigenvalue weighted by Gasteiger charge is -2.08. The van der Waals surface area contributed by atoms with Crippen LogP contribution >= 0.6 is 0 Å². The van der Waals surface area contributed by atoms with Gasteiger partial charge in [-0.1, -0.05) is 6.92 Å². The maximum Gasteiger partial charge on any atom is 0.354 e. The average Bonchev–Trinajstić information content (AvgIpc) is 2.47. The molecule has 2 heterocycles. The number of carboxylic acids is 1. The topological polar surface area (TPSA) is 105 Å². The molecular formula is C14H14N4O3. The predicted octanol–water partition coefficient (Wildman–Crippen LogP) is 1.69. The number of aromatic carboxylic acids is 1. The quantitative estimate of drug-likeness (QED) is 0.886. The number of pyridine rings is 1. The minimum atomic E-state index is -1.15. The van der Waals surface area contributed by atoms with Crippen LogP contribution in [0.25, 0.3) is 0 Å². The highest BCUT2D eigenvalue weighted by atomic mass is 16.4. The van der Waals surface area contributed by atoms with E-state index in [-0.39, 0.29) is 11.6 Å². The molecule has 7 nitrogen and oxygen atoms in total. The van der Waals surface area contributed by atoms with Gasteiger partial charge in [0, 0.05) is 11.9 Å². The zero-order chi connectivity index (χ0) is 15.4. The number of rotatable bonds is 4. The lowest BCUT2D eigenvalue weighted by molar-refractivity contribution is 0.0690. The van der Waals surface area contributed by atoms with E-state index in [2.05, 4.69) is 20.5 Å². The Morgan fingerprint density at radius 1 is 1.29 bits per heavy atom. The van der Waals surface area contributed by atoms with Gasteiger partial charge in [-0.25, -0.2) is 9.78 Å². The molecule has 7 heteroatoms. The first kappa shape index (κ1) is 14.6. The molecule has 2 N–H and O–H groups in total. The van der Waals surface area contributed by atoms with Crippen molar-refractivity contribution in [1.82, 2.24) is 15.2 Å². The van der Waals surface area contributed by atoms with Crippen molar-refractivity contribution in [3.8, 4) is 0 Å². The summed E-state index contributed by atoms with van der Waals surface area (Å²) in [6.07, 6.45) is 1.91. The Labute approximate surface area is 121 Å². The highest BCUT2D eigenvalue weighted by Gasteiger charge is 2.14. The molecule has 0 aliphatic carbocycles. The third-order valence-electron chi connectivity index (χ3n) is 2.81. The van der Waals surface area contributed by atoms with Gasteiger partial charge in [0.15, 0.2) is 0 Å². The van der Waals surface area contributed by atoms with Gasteiger partial charge in [0.25, 0.3) is 5.91 Å². The van der Waals surface area contributed by atoms with Crippen molar-refractivity contribution in [2.24, 2.45) is 0 Å². The Kier molecular flexibility index (Phi) is 4.22. The van der Waals surface area contributed by atoms with Crippen molar-refractivity contribution < 1.29 is 14.7 Å². The smallest absolute Gasteiger partial charge is 0.354 e. The molecule has 0 fully saturated rings. The molecule has 0 aromatic carbocycles. The van der Waals surface area contributed by atoms with Crippen LogP contribution in [0.5, 0.6) is 0 Å². The second-order valence-corrected chi connectivity index (χ2v) is 4.39. The number of aryl methyl sites for hydroxylation is 2. The molecule has 0 bridgehead atoms. The van der Waals surface area contributed by atoms with Crippen LogP contribution in [0.1, 0.15) is 39.2 Å². The molecule has 2 aromatic heterocycles. The summed E-state index contributed by atoms with van der Waals surface area (Å²) in [5.74, 6) is -1.51. The van der Waals surface area contributed by atoms with Gasteiger partial charge in [0.05, 0.1) is 17.0 Å². The van der Waals surface area contributed by atoms with Gasteiger partial charge in [-0.15, -0.1) is 0 Å². The molecule has 2 aromatic rings. The first-order valence-electron chi connectivity index (χ1n) is 6.35. The molecule has 0 spiro atoms. The standard InChI is InChI=1S/C14H14N4O3/c1-3-11-10(6-8(2)17-18-11)13(19)16-9-4-5-15-12(7-9)14(20)21/h4-7H,3H2,1-2H3,(H,20,21)(H,15,16,19). The number of hydrogen-bond acceptors (Lipinski definition) is 5. The summed E-state index contributed by atoms with van der Waals surface area (Å²) >= 11 is 0. The van der Waals surface area contributed by atoms with Crippen molar-refractivity contribution in [3.63, 3.8) is 0 Å². The van der Waals surface area contributed by atoms with Gasteiger partial charge in [-0.2, -0.15) is 10.2 Å². The maximum atomic E-state index is 12.3. The lowest BCUT2D eigenvalue weighted by Crippen LogP contribution is -2.16. The van der Waals surface area contributed by atoms with E-state index in [1.165, 1.54) is 18.3 Å². The number of nitrogens with one attached hydrogen (secondary N) is 1. The largest absolute Gasteiger partial charge is 0.477 e. The van der Waals surface area contributed by atoms with E-state index in [4.69, 9.17) is 5.11 Å². The van der Waals surface area contributed by atoms with Crippen molar-refractivity contribution in [1.29, 1.82) is 0 Å². The van der Waals surface area contributed by atoms with Crippen LogP contribution in [0.15, 0.2) is 24.4 Å². The Morgan fingerprint density at radius 2 is 2.05 bits per heavy atom. The van der Waals surface area contributed by atoms with Crippen LogP contribution in [-0.4, -0.2) is 32.2 Å². The molecular weight excluding hydrogens is 272 g/mol. The molecule has 0 aliphatic heterocycles.